The zero-order valence-electron chi connectivity index (χ0n) is 11.4. The number of rotatable bonds is 5. The lowest BCUT2D eigenvalue weighted by atomic mass is 10.3. The van der Waals surface area contributed by atoms with Crippen molar-refractivity contribution in [3.63, 3.8) is 0 Å². The molecule has 1 aromatic carbocycles. The molecule has 3 N–H and O–H groups in total. The van der Waals surface area contributed by atoms with Gasteiger partial charge in [-0.25, -0.2) is 8.42 Å². The van der Waals surface area contributed by atoms with Gasteiger partial charge in [0, 0.05) is 16.0 Å². The number of anilines is 1. The Morgan fingerprint density at radius 1 is 1.43 bits per heavy atom. The summed E-state index contributed by atoms with van der Waals surface area (Å²) in [7, 11) is -2.04. The van der Waals surface area contributed by atoms with E-state index >= 15 is 0 Å². The van der Waals surface area contributed by atoms with E-state index in [9.17, 15) is 8.42 Å². The van der Waals surface area contributed by atoms with Crippen LogP contribution in [0, 0.1) is 6.92 Å². The zero-order chi connectivity index (χ0) is 15.6. The average molecular weight is 394 g/mol. The second kappa shape index (κ2) is 6.35. The van der Waals surface area contributed by atoms with Crippen LogP contribution in [-0.2, 0) is 16.6 Å². The molecule has 0 fully saturated rings. The van der Waals surface area contributed by atoms with Crippen LogP contribution in [0.2, 0.25) is 5.02 Å². The predicted octanol–water partition coefficient (Wildman–Crippen LogP) is 2.65. The molecule has 1 heterocycles. The van der Waals surface area contributed by atoms with Crippen molar-refractivity contribution < 1.29 is 8.42 Å². The number of aromatic nitrogens is 2. The third-order valence-electron chi connectivity index (χ3n) is 2.75. The number of benzene rings is 1. The number of hydrogen-bond donors (Lipinski definition) is 3. The number of nitrogens with zero attached hydrogens (tertiary/aromatic N) is 1. The van der Waals surface area contributed by atoms with Gasteiger partial charge in [0.1, 0.15) is 4.90 Å². The van der Waals surface area contributed by atoms with E-state index in [1.54, 1.807) is 26.1 Å². The van der Waals surface area contributed by atoms with Gasteiger partial charge >= 0.3 is 0 Å². The first-order chi connectivity index (χ1) is 9.85. The summed E-state index contributed by atoms with van der Waals surface area (Å²) in [5.74, 6) is 0. The first-order valence-corrected chi connectivity index (χ1v) is 8.67. The van der Waals surface area contributed by atoms with Gasteiger partial charge in [-0.15, -0.1) is 0 Å². The van der Waals surface area contributed by atoms with Crippen LogP contribution in [0.25, 0.3) is 0 Å². The fraction of sp³-hybridized carbons (Fsp3) is 0.250. The molecule has 1 aromatic heterocycles. The number of halogens is 2. The Morgan fingerprint density at radius 2 is 2.14 bits per heavy atom. The Balaban J connectivity index is 2.43. The molecule has 0 saturated carbocycles. The van der Waals surface area contributed by atoms with Crippen molar-refractivity contribution in [2.45, 2.75) is 18.4 Å². The second-order valence-corrected chi connectivity index (χ2v) is 7.29. The van der Waals surface area contributed by atoms with E-state index in [1.165, 1.54) is 6.07 Å². The van der Waals surface area contributed by atoms with E-state index in [1.807, 2.05) is 0 Å². The Labute approximate surface area is 136 Å². The maximum Gasteiger partial charge on any atom is 0.265 e. The lowest BCUT2D eigenvalue weighted by molar-refractivity contribution is 0.598. The first kappa shape index (κ1) is 16.3. The lowest BCUT2D eigenvalue weighted by Gasteiger charge is -2.11. The van der Waals surface area contributed by atoms with Crippen molar-refractivity contribution in [3.05, 3.63) is 39.1 Å². The minimum atomic E-state index is -3.77. The molecular weight excluding hydrogens is 380 g/mol. The van der Waals surface area contributed by atoms with Crippen molar-refractivity contribution in [2.24, 2.45) is 0 Å². The van der Waals surface area contributed by atoms with E-state index in [4.69, 9.17) is 11.6 Å². The summed E-state index contributed by atoms with van der Waals surface area (Å²) in [4.78, 5) is 0.142. The summed E-state index contributed by atoms with van der Waals surface area (Å²) in [5, 5.41) is 10.0. The number of aromatic amines is 1. The molecule has 0 amide bonds. The van der Waals surface area contributed by atoms with Crippen LogP contribution >= 0.6 is 27.5 Å². The van der Waals surface area contributed by atoms with E-state index < -0.39 is 10.0 Å². The Morgan fingerprint density at radius 3 is 2.81 bits per heavy atom. The second-order valence-electron chi connectivity index (χ2n) is 4.38. The highest BCUT2D eigenvalue weighted by molar-refractivity contribution is 9.10. The molecule has 0 aliphatic carbocycles. The van der Waals surface area contributed by atoms with Gasteiger partial charge in [-0.05, 0) is 48.1 Å². The summed E-state index contributed by atoms with van der Waals surface area (Å²) >= 11 is 9.19. The highest BCUT2D eigenvalue weighted by Crippen LogP contribution is 2.29. The Bertz CT molecular complexity index is 761. The number of aryl methyl sites for hydroxylation is 1. The largest absolute Gasteiger partial charge is 0.314 e. The van der Waals surface area contributed by atoms with Gasteiger partial charge in [0.15, 0.2) is 0 Å². The summed E-state index contributed by atoms with van der Waals surface area (Å²) in [6.07, 6.45) is 0. The first-order valence-electron chi connectivity index (χ1n) is 6.01. The zero-order valence-corrected chi connectivity index (χ0v) is 14.5. The van der Waals surface area contributed by atoms with Gasteiger partial charge in [-0.2, -0.15) is 5.10 Å². The maximum absolute atomic E-state index is 12.6. The van der Waals surface area contributed by atoms with Crippen molar-refractivity contribution >= 4 is 43.2 Å². The van der Waals surface area contributed by atoms with Crippen molar-refractivity contribution in [3.8, 4) is 0 Å². The van der Waals surface area contributed by atoms with Crippen LogP contribution < -0.4 is 10.0 Å². The quantitative estimate of drug-likeness (QED) is 0.729. The third-order valence-corrected chi connectivity index (χ3v) is 5.24. The molecule has 0 radical (unpaired) electrons. The standard InChI is InChI=1S/C12H14BrClN4O2S/c1-7-12(11(6-15-2)17-16-7)21(19,20)18-10-5-8(14)3-4-9(10)13/h3-5,15,18H,6H2,1-2H3,(H,16,17). The van der Waals surface area contributed by atoms with Crippen molar-refractivity contribution in [1.29, 1.82) is 0 Å². The molecule has 0 atom stereocenters. The molecule has 114 valence electrons. The molecule has 21 heavy (non-hydrogen) atoms. The maximum atomic E-state index is 12.6. The number of nitrogens with one attached hydrogen (secondary N) is 3. The lowest BCUT2D eigenvalue weighted by Crippen LogP contribution is -2.17. The van der Waals surface area contributed by atoms with Crippen LogP contribution in [0.15, 0.2) is 27.6 Å². The van der Waals surface area contributed by atoms with Gasteiger partial charge in [0.05, 0.1) is 17.1 Å². The molecular formula is C12H14BrClN4O2S. The summed E-state index contributed by atoms with van der Waals surface area (Å²) in [6, 6.07) is 4.88. The Hall–Kier alpha value is -1.09. The minimum absolute atomic E-state index is 0.142. The summed E-state index contributed by atoms with van der Waals surface area (Å²) in [6.45, 7) is 2.00. The number of hydrogen-bond acceptors (Lipinski definition) is 4. The number of sulfonamides is 1. The molecule has 0 saturated heterocycles. The van der Waals surface area contributed by atoms with Gasteiger partial charge in [-0.3, -0.25) is 9.82 Å². The molecule has 0 aliphatic heterocycles. The average Bonchev–Trinajstić information content (AvgIpc) is 2.76. The summed E-state index contributed by atoms with van der Waals surface area (Å²) < 4.78 is 28.3. The van der Waals surface area contributed by atoms with E-state index in [-0.39, 0.29) is 4.90 Å². The van der Waals surface area contributed by atoms with Crippen molar-refractivity contribution in [1.82, 2.24) is 15.5 Å². The molecule has 2 aromatic rings. The fourth-order valence-corrected chi connectivity index (χ4v) is 3.97. The van der Waals surface area contributed by atoms with Gasteiger partial charge in [-0.1, -0.05) is 11.6 Å². The third kappa shape index (κ3) is 3.57. The normalized spacial score (nSPS) is 11.6. The molecule has 6 nitrogen and oxygen atoms in total. The topological polar surface area (TPSA) is 86.9 Å². The molecule has 0 bridgehead atoms. The van der Waals surface area contributed by atoms with Crippen LogP contribution in [0.4, 0.5) is 5.69 Å². The van der Waals surface area contributed by atoms with E-state index in [0.717, 1.165) is 0 Å². The predicted molar refractivity (Wildman–Crippen MR) is 86.0 cm³/mol. The summed E-state index contributed by atoms with van der Waals surface area (Å²) in [5.41, 5.74) is 1.28. The van der Waals surface area contributed by atoms with Crippen LogP contribution in [0.5, 0.6) is 0 Å². The van der Waals surface area contributed by atoms with Crippen LogP contribution in [0.3, 0.4) is 0 Å². The molecule has 0 aliphatic rings. The smallest absolute Gasteiger partial charge is 0.265 e. The van der Waals surface area contributed by atoms with E-state index in [2.05, 4.69) is 36.2 Å². The van der Waals surface area contributed by atoms with Crippen LogP contribution in [-0.4, -0.2) is 25.7 Å². The molecule has 0 spiro atoms. The minimum Gasteiger partial charge on any atom is -0.314 e. The van der Waals surface area contributed by atoms with E-state index in [0.29, 0.717) is 33.1 Å². The van der Waals surface area contributed by atoms with Gasteiger partial charge < -0.3 is 5.32 Å². The van der Waals surface area contributed by atoms with Crippen LogP contribution in [0.1, 0.15) is 11.4 Å². The highest BCUT2D eigenvalue weighted by atomic mass is 79.9. The van der Waals surface area contributed by atoms with Gasteiger partial charge in [0.25, 0.3) is 10.0 Å². The molecule has 0 unspecified atom stereocenters. The Kier molecular flexibility index (Phi) is 4.92. The molecule has 9 heteroatoms. The number of H-pyrrole nitrogens is 1. The fourth-order valence-electron chi connectivity index (χ4n) is 1.88. The monoisotopic (exact) mass is 392 g/mol. The SMILES string of the molecule is CNCc1n[nH]c(C)c1S(=O)(=O)Nc1cc(Cl)ccc1Br. The van der Waals surface area contributed by atoms with Crippen molar-refractivity contribution in [2.75, 3.05) is 11.8 Å². The molecule has 2 rings (SSSR count). The van der Waals surface area contributed by atoms with Gasteiger partial charge in [0.2, 0.25) is 0 Å². The highest BCUT2D eigenvalue weighted by Gasteiger charge is 2.24.